The van der Waals surface area contributed by atoms with E-state index in [2.05, 4.69) is 6.58 Å². The van der Waals surface area contributed by atoms with Crippen molar-refractivity contribution in [2.45, 2.75) is 33.3 Å². The molecule has 1 rings (SSSR count). The zero-order valence-corrected chi connectivity index (χ0v) is 12.4. The number of ketones is 1. The monoisotopic (exact) mass is 291 g/mol. The Hall–Kier alpha value is -2.50. The number of Topliss-reactive ketones (excluding diaryl/α,β-unsaturated/α-hetero) is 1. The lowest BCUT2D eigenvalue weighted by atomic mass is 10.0. The van der Waals surface area contributed by atoms with Gasteiger partial charge in [0.05, 0.1) is 4.92 Å². The highest BCUT2D eigenvalue weighted by Crippen LogP contribution is 2.21. The third-order valence-electron chi connectivity index (χ3n) is 2.58. The molecule has 6 heteroatoms. The zero-order valence-electron chi connectivity index (χ0n) is 12.4. The average molecular weight is 291 g/mol. The Morgan fingerprint density at radius 1 is 1.29 bits per heavy atom. The van der Waals surface area contributed by atoms with Gasteiger partial charge < -0.3 is 4.74 Å². The molecule has 0 bridgehead atoms. The molecule has 21 heavy (non-hydrogen) atoms. The number of carbonyl (C=O) groups is 2. The van der Waals surface area contributed by atoms with E-state index in [1.54, 1.807) is 20.8 Å². The highest BCUT2D eigenvalue weighted by Gasteiger charge is 2.24. The quantitative estimate of drug-likeness (QED) is 0.162. The Bertz CT molecular complexity index is 625. The summed E-state index contributed by atoms with van der Waals surface area (Å²) >= 11 is 0. The molecule has 112 valence electrons. The topological polar surface area (TPSA) is 86.5 Å². The molecule has 0 atom stereocenters. The molecule has 0 heterocycles. The van der Waals surface area contributed by atoms with Gasteiger partial charge in [0.1, 0.15) is 11.2 Å². The van der Waals surface area contributed by atoms with Gasteiger partial charge in [-0.05, 0) is 39.8 Å². The molecule has 0 aliphatic heterocycles. The molecule has 0 spiro atoms. The van der Waals surface area contributed by atoms with Crippen LogP contribution in [0, 0.1) is 17.0 Å². The van der Waals surface area contributed by atoms with Crippen molar-refractivity contribution in [1.29, 1.82) is 0 Å². The van der Waals surface area contributed by atoms with Gasteiger partial charge >= 0.3 is 5.97 Å². The van der Waals surface area contributed by atoms with Crippen molar-refractivity contribution in [2.75, 3.05) is 0 Å². The molecule has 1 aromatic rings. The maximum Gasteiger partial charge on any atom is 0.342 e. The minimum Gasteiger partial charge on any atom is -0.456 e. The normalized spacial score (nSPS) is 10.9. The predicted octanol–water partition coefficient (Wildman–Crippen LogP) is 2.98. The van der Waals surface area contributed by atoms with Crippen molar-refractivity contribution in [1.82, 2.24) is 0 Å². The summed E-state index contributed by atoms with van der Waals surface area (Å²) in [5.41, 5.74) is -0.629. The summed E-state index contributed by atoms with van der Waals surface area (Å²) < 4.78 is 5.07. The Morgan fingerprint density at radius 3 is 2.29 bits per heavy atom. The van der Waals surface area contributed by atoms with E-state index < -0.39 is 22.3 Å². The minimum absolute atomic E-state index is 0.0885. The fraction of sp³-hybridized carbons (Fsp3) is 0.333. The second-order valence-corrected chi connectivity index (χ2v) is 5.57. The summed E-state index contributed by atoms with van der Waals surface area (Å²) in [4.78, 5) is 34.1. The van der Waals surface area contributed by atoms with Gasteiger partial charge in [0, 0.05) is 17.2 Å². The predicted molar refractivity (Wildman–Crippen MR) is 77.1 cm³/mol. The molecule has 1 aromatic carbocycles. The molecule has 0 N–H and O–H groups in total. The van der Waals surface area contributed by atoms with Crippen LogP contribution >= 0.6 is 0 Å². The lowest BCUT2D eigenvalue weighted by Crippen LogP contribution is -2.26. The van der Waals surface area contributed by atoms with E-state index in [-0.39, 0.29) is 16.8 Å². The second-order valence-electron chi connectivity index (χ2n) is 5.57. The number of benzene rings is 1. The summed E-state index contributed by atoms with van der Waals surface area (Å²) in [6.07, 6.45) is 0. The molecule has 0 aliphatic carbocycles. The van der Waals surface area contributed by atoms with Crippen molar-refractivity contribution < 1.29 is 19.2 Å². The van der Waals surface area contributed by atoms with Crippen LogP contribution in [0.15, 0.2) is 30.4 Å². The van der Waals surface area contributed by atoms with E-state index in [0.717, 1.165) is 0 Å². The largest absolute Gasteiger partial charge is 0.456 e. The SMILES string of the molecule is C=C(C(=O)OC(C)(C)C)C(=O)c1ccc([N+](=O)[O-])c(C)c1. The molecule has 0 amide bonds. The maximum atomic E-state index is 12.1. The summed E-state index contributed by atoms with van der Waals surface area (Å²) in [7, 11) is 0. The van der Waals surface area contributed by atoms with Crippen molar-refractivity contribution in [3.63, 3.8) is 0 Å². The standard InChI is InChI=1S/C15H17NO5/c1-9-8-11(6-7-12(9)16(19)20)13(17)10(2)14(18)21-15(3,4)5/h6-8H,2H2,1,3-5H3. The molecule has 0 unspecified atom stereocenters. The first-order valence-electron chi connectivity index (χ1n) is 6.25. The van der Waals surface area contributed by atoms with Crippen LogP contribution in [0.25, 0.3) is 0 Å². The second kappa shape index (κ2) is 5.87. The highest BCUT2D eigenvalue weighted by molar-refractivity contribution is 6.23. The highest BCUT2D eigenvalue weighted by atomic mass is 16.6. The van der Waals surface area contributed by atoms with Crippen LogP contribution < -0.4 is 0 Å². The van der Waals surface area contributed by atoms with E-state index in [0.29, 0.717) is 5.56 Å². The number of hydrogen-bond donors (Lipinski definition) is 0. The van der Waals surface area contributed by atoms with Crippen molar-refractivity contribution >= 4 is 17.4 Å². The third kappa shape index (κ3) is 4.24. The number of nitrogens with zero attached hydrogens (tertiary/aromatic N) is 1. The van der Waals surface area contributed by atoms with E-state index in [1.807, 2.05) is 0 Å². The van der Waals surface area contributed by atoms with Gasteiger partial charge in [0.25, 0.3) is 5.69 Å². The van der Waals surface area contributed by atoms with Gasteiger partial charge in [-0.15, -0.1) is 0 Å². The molecule has 0 fully saturated rings. The Kier molecular flexibility index (Phi) is 4.62. The Morgan fingerprint density at radius 2 is 1.86 bits per heavy atom. The van der Waals surface area contributed by atoms with Crippen LogP contribution in [-0.4, -0.2) is 22.3 Å². The number of aryl methyl sites for hydroxylation is 1. The summed E-state index contributed by atoms with van der Waals surface area (Å²) in [6, 6.07) is 3.88. The minimum atomic E-state index is -0.802. The molecule has 0 radical (unpaired) electrons. The number of nitro groups is 1. The van der Waals surface area contributed by atoms with Gasteiger partial charge in [-0.1, -0.05) is 6.58 Å². The first kappa shape index (κ1) is 16.6. The molecular weight excluding hydrogens is 274 g/mol. The van der Waals surface area contributed by atoms with E-state index in [9.17, 15) is 19.7 Å². The van der Waals surface area contributed by atoms with Gasteiger partial charge in [-0.2, -0.15) is 0 Å². The van der Waals surface area contributed by atoms with Crippen LogP contribution in [0.3, 0.4) is 0 Å². The van der Waals surface area contributed by atoms with Gasteiger partial charge in [0.15, 0.2) is 5.78 Å². The lowest BCUT2D eigenvalue weighted by Gasteiger charge is -2.19. The first-order valence-corrected chi connectivity index (χ1v) is 6.25. The summed E-state index contributed by atoms with van der Waals surface area (Å²) in [5.74, 6) is -1.41. The number of esters is 1. The van der Waals surface area contributed by atoms with Crippen LogP contribution in [0.5, 0.6) is 0 Å². The van der Waals surface area contributed by atoms with Crippen molar-refractivity contribution in [2.24, 2.45) is 0 Å². The van der Waals surface area contributed by atoms with E-state index >= 15 is 0 Å². The fourth-order valence-corrected chi connectivity index (χ4v) is 1.61. The first-order chi connectivity index (χ1) is 9.53. The molecule has 0 aromatic heterocycles. The smallest absolute Gasteiger partial charge is 0.342 e. The van der Waals surface area contributed by atoms with Crippen LogP contribution in [0.2, 0.25) is 0 Å². The van der Waals surface area contributed by atoms with Crippen molar-refractivity contribution in [3.05, 3.63) is 51.6 Å². The van der Waals surface area contributed by atoms with Crippen LogP contribution in [0.4, 0.5) is 5.69 Å². The van der Waals surface area contributed by atoms with Gasteiger partial charge in [-0.3, -0.25) is 14.9 Å². The van der Waals surface area contributed by atoms with Crippen LogP contribution in [0.1, 0.15) is 36.7 Å². The number of ether oxygens (including phenoxy) is 1. The summed E-state index contributed by atoms with van der Waals surface area (Å²) in [5, 5.41) is 10.7. The number of nitro benzene ring substituents is 1. The number of rotatable bonds is 4. The van der Waals surface area contributed by atoms with Gasteiger partial charge in [-0.25, -0.2) is 4.79 Å². The average Bonchev–Trinajstić information content (AvgIpc) is 2.34. The Balaban J connectivity index is 2.99. The Labute approximate surface area is 122 Å². The van der Waals surface area contributed by atoms with E-state index in [1.165, 1.54) is 25.1 Å². The molecular formula is C15H17NO5. The molecule has 0 aliphatic rings. The van der Waals surface area contributed by atoms with Gasteiger partial charge in [0.2, 0.25) is 0 Å². The molecule has 0 saturated carbocycles. The number of carbonyl (C=O) groups excluding carboxylic acids is 2. The number of hydrogen-bond acceptors (Lipinski definition) is 5. The molecule has 6 nitrogen and oxygen atoms in total. The zero-order chi connectivity index (χ0) is 16.4. The molecule has 0 saturated heterocycles. The lowest BCUT2D eigenvalue weighted by molar-refractivity contribution is -0.385. The van der Waals surface area contributed by atoms with Crippen molar-refractivity contribution in [3.8, 4) is 0 Å². The maximum absolute atomic E-state index is 12.1. The third-order valence-corrected chi connectivity index (χ3v) is 2.58. The summed E-state index contributed by atoms with van der Waals surface area (Å²) in [6.45, 7) is 10.0. The fourth-order valence-electron chi connectivity index (χ4n) is 1.61. The van der Waals surface area contributed by atoms with E-state index in [4.69, 9.17) is 4.74 Å². The van der Waals surface area contributed by atoms with Crippen LogP contribution in [-0.2, 0) is 9.53 Å².